The van der Waals surface area contributed by atoms with Gasteiger partial charge in [0, 0.05) is 35.1 Å². The quantitative estimate of drug-likeness (QED) is 0.744. The van der Waals surface area contributed by atoms with Crippen LogP contribution in [0.4, 0.5) is 10.2 Å². The maximum atomic E-state index is 14.3. The molecule has 0 atom stereocenters. The van der Waals surface area contributed by atoms with E-state index in [-0.39, 0.29) is 5.56 Å². The van der Waals surface area contributed by atoms with Crippen LogP contribution in [-0.4, -0.2) is 24.6 Å². The summed E-state index contributed by atoms with van der Waals surface area (Å²) in [5.74, 6) is -0.952. The number of benzene rings is 1. The van der Waals surface area contributed by atoms with Crippen molar-refractivity contribution in [1.29, 1.82) is 0 Å². The third kappa shape index (κ3) is 3.66. The first kappa shape index (κ1) is 17.4. The van der Waals surface area contributed by atoms with Crippen molar-refractivity contribution in [3.8, 4) is 0 Å². The molecular formula is C19H18ClFN2O2. The van der Waals surface area contributed by atoms with Gasteiger partial charge in [-0.15, -0.1) is 0 Å². The predicted molar refractivity (Wildman–Crippen MR) is 96.2 cm³/mol. The number of ether oxygens (including phenoxy) is 1. The number of carbonyl (C=O) groups excluding carboxylic acids is 1. The van der Waals surface area contributed by atoms with Gasteiger partial charge in [-0.25, -0.2) is 14.2 Å². The van der Waals surface area contributed by atoms with Crippen molar-refractivity contribution in [1.82, 2.24) is 4.98 Å². The Balaban J connectivity index is 2.02. The van der Waals surface area contributed by atoms with Gasteiger partial charge in [-0.05, 0) is 25.3 Å². The number of esters is 1. The molecule has 1 aliphatic heterocycles. The fraction of sp³-hybridized carbons (Fsp3) is 0.263. The lowest BCUT2D eigenvalue weighted by Crippen LogP contribution is -2.23. The number of pyridine rings is 1. The molecule has 2 aromatic rings. The predicted octanol–water partition coefficient (Wildman–Crippen LogP) is 4.69. The molecule has 6 heteroatoms. The molecule has 0 fully saturated rings. The van der Waals surface area contributed by atoms with Gasteiger partial charge in [0.25, 0.3) is 0 Å². The van der Waals surface area contributed by atoms with Crippen molar-refractivity contribution in [2.45, 2.75) is 19.3 Å². The number of allylic oxidation sites excluding steroid dienone is 1. The monoisotopic (exact) mass is 360 g/mol. The van der Waals surface area contributed by atoms with Gasteiger partial charge in [-0.3, -0.25) is 0 Å². The van der Waals surface area contributed by atoms with Crippen molar-refractivity contribution in [3.63, 3.8) is 0 Å². The van der Waals surface area contributed by atoms with Crippen LogP contribution < -0.4 is 4.90 Å². The van der Waals surface area contributed by atoms with Crippen LogP contribution in [0.2, 0.25) is 5.02 Å². The molecule has 25 heavy (non-hydrogen) atoms. The normalized spacial score (nSPS) is 14.7. The number of hydrogen-bond acceptors (Lipinski definition) is 4. The van der Waals surface area contributed by atoms with Crippen LogP contribution in [0.15, 0.2) is 42.6 Å². The molecule has 0 amide bonds. The van der Waals surface area contributed by atoms with Gasteiger partial charge in [0.05, 0.1) is 7.11 Å². The molecular weight excluding hydrogens is 343 g/mol. The third-order valence-corrected chi connectivity index (χ3v) is 4.46. The zero-order valence-electron chi connectivity index (χ0n) is 13.8. The molecule has 3 rings (SSSR count). The highest BCUT2D eigenvalue weighted by Crippen LogP contribution is 2.33. The lowest BCUT2D eigenvalue weighted by atomic mass is 10.1. The maximum absolute atomic E-state index is 14.3. The van der Waals surface area contributed by atoms with Crippen molar-refractivity contribution in [3.05, 3.63) is 64.6 Å². The molecule has 1 aromatic heterocycles. The van der Waals surface area contributed by atoms with E-state index in [0.717, 1.165) is 30.5 Å². The molecule has 0 aliphatic carbocycles. The molecule has 0 unspecified atom stereocenters. The lowest BCUT2D eigenvalue weighted by molar-refractivity contribution is 0.0595. The Kier molecular flexibility index (Phi) is 5.34. The third-order valence-electron chi connectivity index (χ3n) is 4.14. The van der Waals surface area contributed by atoms with E-state index in [1.165, 1.54) is 19.4 Å². The Morgan fingerprint density at radius 2 is 2.12 bits per heavy atom. The second-order valence-electron chi connectivity index (χ2n) is 5.73. The van der Waals surface area contributed by atoms with Gasteiger partial charge in [-0.2, -0.15) is 0 Å². The van der Waals surface area contributed by atoms with Crippen LogP contribution in [0, 0.1) is 5.82 Å². The highest BCUT2D eigenvalue weighted by atomic mass is 35.5. The van der Waals surface area contributed by atoms with E-state index in [2.05, 4.69) is 15.8 Å². The van der Waals surface area contributed by atoms with Gasteiger partial charge >= 0.3 is 5.97 Å². The minimum Gasteiger partial charge on any atom is -0.465 e. The Bertz CT molecular complexity index is 823. The van der Waals surface area contributed by atoms with Crippen LogP contribution in [0.25, 0.3) is 5.70 Å². The second-order valence-corrected chi connectivity index (χ2v) is 6.14. The second kappa shape index (κ2) is 7.66. The number of rotatable bonds is 3. The number of aromatic nitrogens is 1. The fourth-order valence-electron chi connectivity index (χ4n) is 2.87. The van der Waals surface area contributed by atoms with Gasteiger partial charge in [0.2, 0.25) is 0 Å². The Morgan fingerprint density at radius 1 is 1.32 bits per heavy atom. The first-order valence-corrected chi connectivity index (χ1v) is 8.46. The van der Waals surface area contributed by atoms with E-state index in [9.17, 15) is 9.18 Å². The van der Waals surface area contributed by atoms with E-state index in [1.54, 1.807) is 0 Å². The largest absolute Gasteiger partial charge is 0.465 e. The smallest absolute Gasteiger partial charge is 0.342 e. The standard InChI is InChI=1S/C19H18ClFN2O2/c1-25-19(24)14-12-22-18(11-16(14)21)23-10-6-2-3-9-17(23)13-7-4-5-8-15(13)20/h4-5,7-9,11-12H,2-3,6,10H2,1H3. The molecule has 130 valence electrons. The Hall–Kier alpha value is -2.40. The summed E-state index contributed by atoms with van der Waals surface area (Å²) in [6.07, 6.45) is 6.22. The van der Waals surface area contributed by atoms with Gasteiger partial charge in [-0.1, -0.05) is 35.9 Å². The van der Waals surface area contributed by atoms with Gasteiger partial charge in [0.1, 0.15) is 17.2 Å². The first-order valence-electron chi connectivity index (χ1n) is 8.08. The molecule has 0 saturated heterocycles. The fourth-order valence-corrected chi connectivity index (χ4v) is 3.11. The van der Waals surface area contributed by atoms with E-state index in [1.807, 2.05) is 29.2 Å². The van der Waals surface area contributed by atoms with Crippen molar-refractivity contribution in [2.24, 2.45) is 0 Å². The molecule has 2 heterocycles. The molecule has 1 aromatic carbocycles. The topological polar surface area (TPSA) is 42.4 Å². The lowest BCUT2D eigenvalue weighted by Gasteiger charge is -2.26. The number of carbonyl (C=O) groups is 1. The highest BCUT2D eigenvalue weighted by molar-refractivity contribution is 6.32. The average Bonchev–Trinajstić information content (AvgIpc) is 2.87. The number of anilines is 1. The Labute approximate surface area is 150 Å². The van der Waals surface area contributed by atoms with Crippen LogP contribution >= 0.6 is 11.6 Å². The summed E-state index contributed by atoms with van der Waals surface area (Å²) in [5, 5.41) is 0.632. The summed E-state index contributed by atoms with van der Waals surface area (Å²) >= 11 is 6.36. The summed E-state index contributed by atoms with van der Waals surface area (Å²) in [4.78, 5) is 17.8. The summed E-state index contributed by atoms with van der Waals surface area (Å²) in [6, 6.07) is 8.82. The van der Waals surface area contributed by atoms with Crippen LogP contribution in [0.5, 0.6) is 0 Å². The van der Waals surface area contributed by atoms with Gasteiger partial charge in [0.15, 0.2) is 0 Å². The number of methoxy groups -OCH3 is 1. The van der Waals surface area contributed by atoms with Gasteiger partial charge < -0.3 is 9.64 Å². The maximum Gasteiger partial charge on any atom is 0.342 e. The number of nitrogens with zero attached hydrogens (tertiary/aromatic N) is 2. The highest BCUT2D eigenvalue weighted by Gasteiger charge is 2.21. The summed E-state index contributed by atoms with van der Waals surface area (Å²) < 4.78 is 18.9. The molecule has 0 N–H and O–H groups in total. The molecule has 0 bridgehead atoms. The summed E-state index contributed by atoms with van der Waals surface area (Å²) in [7, 11) is 1.21. The SMILES string of the molecule is COC(=O)c1cnc(N2CCCCC=C2c2ccccc2Cl)cc1F. The average molecular weight is 361 g/mol. The minimum absolute atomic E-state index is 0.177. The van der Waals surface area contributed by atoms with E-state index < -0.39 is 11.8 Å². The summed E-state index contributed by atoms with van der Waals surface area (Å²) in [6.45, 7) is 0.696. The zero-order valence-corrected chi connectivity index (χ0v) is 14.6. The molecule has 0 spiro atoms. The first-order chi connectivity index (χ1) is 12.1. The number of hydrogen-bond donors (Lipinski definition) is 0. The van der Waals surface area contributed by atoms with E-state index in [4.69, 9.17) is 11.6 Å². The summed E-state index contributed by atoms with van der Waals surface area (Å²) in [5.41, 5.74) is 1.61. The van der Waals surface area contributed by atoms with Crippen molar-refractivity contribution >= 4 is 29.1 Å². The van der Waals surface area contributed by atoms with Crippen LogP contribution in [-0.2, 0) is 4.74 Å². The van der Waals surface area contributed by atoms with E-state index >= 15 is 0 Å². The van der Waals surface area contributed by atoms with E-state index in [0.29, 0.717) is 17.4 Å². The molecule has 1 aliphatic rings. The Morgan fingerprint density at radius 3 is 2.84 bits per heavy atom. The molecule has 0 radical (unpaired) electrons. The zero-order chi connectivity index (χ0) is 17.8. The molecule has 0 saturated carbocycles. The minimum atomic E-state index is -0.741. The van der Waals surface area contributed by atoms with Crippen LogP contribution in [0.3, 0.4) is 0 Å². The number of halogens is 2. The van der Waals surface area contributed by atoms with Crippen molar-refractivity contribution in [2.75, 3.05) is 18.6 Å². The molecule has 4 nitrogen and oxygen atoms in total. The van der Waals surface area contributed by atoms with Crippen molar-refractivity contribution < 1.29 is 13.9 Å². The van der Waals surface area contributed by atoms with Crippen LogP contribution in [0.1, 0.15) is 35.2 Å².